The van der Waals surface area contributed by atoms with Gasteiger partial charge in [0.1, 0.15) is 11.6 Å². The molecule has 7 heteroatoms. The van der Waals surface area contributed by atoms with E-state index in [2.05, 4.69) is 10.1 Å². The van der Waals surface area contributed by atoms with Crippen LogP contribution in [0.2, 0.25) is 0 Å². The molecular weight excluding hydrogens is 357 g/mol. The fourth-order valence-electron chi connectivity index (χ4n) is 2.69. The Bertz CT molecular complexity index is 827. The molecule has 2 aromatic carbocycles. The van der Waals surface area contributed by atoms with Crippen molar-refractivity contribution < 1.29 is 23.5 Å². The fraction of sp³-hybridized carbons (Fsp3) is 0.263. The highest BCUT2D eigenvalue weighted by Gasteiger charge is 2.23. The average Bonchev–Trinajstić information content (AvgIpc) is 2.66. The van der Waals surface area contributed by atoms with Crippen molar-refractivity contribution in [3.8, 4) is 5.75 Å². The van der Waals surface area contributed by atoms with Crippen molar-refractivity contribution in [1.82, 2.24) is 5.32 Å². The van der Waals surface area contributed by atoms with Crippen LogP contribution in [0.25, 0.3) is 0 Å². The number of fused-ring (bicyclic) bond motifs is 1. The number of amides is 1. The lowest BCUT2D eigenvalue weighted by molar-refractivity contribution is -0.142. The zero-order chi connectivity index (χ0) is 18.5. The second-order valence-electron chi connectivity index (χ2n) is 5.74. The number of hydrogen-bond donors (Lipinski definition) is 1. The van der Waals surface area contributed by atoms with Gasteiger partial charge in [-0.2, -0.15) is 0 Å². The van der Waals surface area contributed by atoms with Crippen LogP contribution in [0.1, 0.15) is 28.4 Å². The summed E-state index contributed by atoms with van der Waals surface area (Å²) >= 11 is 1.66. The Hall–Kier alpha value is -2.54. The van der Waals surface area contributed by atoms with Crippen LogP contribution in [0.4, 0.5) is 4.39 Å². The molecule has 136 valence electrons. The van der Waals surface area contributed by atoms with Crippen molar-refractivity contribution in [2.45, 2.75) is 17.4 Å². The number of hydrogen-bond acceptors (Lipinski definition) is 5. The number of benzene rings is 2. The first-order valence-electron chi connectivity index (χ1n) is 8.09. The first kappa shape index (κ1) is 18.3. The Morgan fingerprint density at radius 2 is 2.12 bits per heavy atom. The van der Waals surface area contributed by atoms with Crippen molar-refractivity contribution in [1.29, 1.82) is 0 Å². The molecule has 1 N–H and O–H groups in total. The molecule has 2 aromatic rings. The van der Waals surface area contributed by atoms with E-state index in [4.69, 9.17) is 4.74 Å². The molecule has 1 aliphatic heterocycles. The molecule has 3 rings (SSSR count). The minimum Gasteiger partial charge on any atom is -0.482 e. The molecule has 1 unspecified atom stereocenters. The Morgan fingerprint density at radius 3 is 2.92 bits per heavy atom. The SMILES string of the molecule is COC(=O)COc1cccc(C(=O)NC2CCSc3ccc(F)cc32)c1. The zero-order valence-electron chi connectivity index (χ0n) is 14.2. The van der Waals surface area contributed by atoms with Crippen LogP contribution in [0.3, 0.4) is 0 Å². The maximum absolute atomic E-state index is 13.6. The molecule has 1 amide bonds. The highest BCUT2D eigenvalue weighted by atomic mass is 32.2. The molecular formula is C19H18FNO4S. The van der Waals surface area contributed by atoms with Crippen molar-refractivity contribution >= 4 is 23.6 Å². The third kappa shape index (κ3) is 4.35. The molecule has 26 heavy (non-hydrogen) atoms. The van der Waals surface area contributed by atoms with E-state index in [0.717, 1.165) is 22.6 Å². The van der Waals surface area contributed by atoms with E-state index >= 15 is 0 Å². The van der Waals surface area contributed by atoms with Gasteiger partial charge in [-0.25, -0.2) is 9.18 Å². The number of rotatable bonds is 5. The topological polar surface area (TPSA) is 64.6 Å². The van der Waals surface area contributed by atoms with Gasteiger partial charge in [-0.3, -0.25) is 4.79 Å². The lowest BCUT2D eigenvalue weighted by atomic mass is 10.0. The molecule has 0 saturated carbocycles. The molecule has 5 nitrogen and oxygen atoms in total. The van der Waals surface area contributed by atoms with Crippen LogP contribution in [-0.2, 0) is 9.53 Å². The van der Waals surface area contributed by atoms with Gasteiger partial charge in [0.15, 0.2) is 6.61 Å². The normalized spacial score (nSPS) is 15.7. The summed E-state index contributed by atoms with van der Waals surface area (Å²) in [7, 11) is 1.28. The third-order valence-electron chi connectivity index (χ3n) is 4.00. The lowest BCUT2D eigenvalue weighted by Gasteiger charge is -2.26. The summed E-state index contributed by atoms with van der Waals surface area (Å²) in [5.74, 6) is 0.155. The molecule has 0 radical (unpaired) electrons. The predicted molar refractivity (Wildman–Crippen MR) is 95.9 cm³/mol. The zero-order valence-corrected chi connectivity index (χ0v) is 15.0. The molecule has 0 aliphatic carbocycles. The van der Waals surface area contributed by atoms with Gasteiger partial charge >= 0.3 is 5.97 Å². The van der Waals surface area contributed by atoms with Crippen molar-refractivity contribution in [2.24, 2.45) is 0 Å². The second kappa shape index (κ2) is 8.23. The quantitative estimate of drug-likeness (QED) is 0.812. The van der Waals surface area contributed by atoms with Crippen LogP contribution in [0.5, 0.6) is 5.75 Å². The van der Waals surface area contributed by atoms with E-state index in [1.165, 1.54) is 19.2 Å². The van der Waals surface area contributed by atoms with Crippen LogP contribution in [0, 0.1) is 5.82 Å². The van der Waals surface area contributed by atoms with Crippen molar-refractivity contribution in [3.05, 3.63) is 59.4 Å². The van der Waals surface area contributed by atoms with E-state index in [1.807, 2.05) is 0 Å². The van der Waals surface area contributed by atoms with Gasteiger partial charge < -0.3 is 14.8 Å². The Morgan fingerprint density at radius 1 is 1.27 bits per heavy atom. The lowest BCUT2D eigenvalue weighted by Crippen LogP contribution is -2.30. The first-order chi connectivity index (χ1) is 12.6. The molecule has 0 aromatic heterocycles. The molecule has 1 heterocycles. The first-order valence-corrected chi connectivity index (χ1v) is 9.08. The monoisotopic (exact) mass is 375 g/mol. The van der Waals surface area contributed by atoms with Crippen LogP contribution < -0.4 is 10.1 Å². The maximum atomic E-state index is 13.6. The summed E-state index contributed by atoms with van der Waals surface area (Å²) in [5, 5.41) is 2.96. The van der Waals surface area contributed by atoms with E-state index in [-0.39, 0.29) is 24.4 Å². The third-order valence-corrected chi connectivity index (χ3v) is 5.12. The van der Waals surface area contributed by atoms with Gasteiger partial charge in [-0.1, -0.05) is 6.07 Å². The number of carbonyl (C=O) groups excluding carboxylic acids is 2. The molecule has 0 bridgehead atoms. The van der Waals surface area contributed by atoms with Gasteiger partial charge in [0, 0.05) is 16.2 Å². The fourth-order valence-corrected chi connectivity index (χ4v) is 3.79. The number of carbonyl (C=O) groups is 2. The van der Waals surface area contributed by atoms with Gasteiger partial charge in [0.05, 0.1) is 13.2 Å². The Labute approximate surface area is 154 Å². The molecule has 1 atom stereocenters. The van der Waals surface area contributed by atoms with Gasteiger partial charge in [0.2, 0.25) is 0 Å². The van der Waals surface area contributed by atoms with Gasteiger partial charge in [-0.05, 0) is 48.4 Å². The van der Waals surface area contributed by atoms with Crippen LogP contribution >= 0.6 is 11.8 Å². The number of esters is 1. The number of methoxy groups -OCH3 is 1. The number of halogens is 1. The van der Waals surface area contributed by atoms with Gasteiger partial charge in [0.25, 0.3) is 5.91 Å². The van der Waals surface area contributed by atoms with Crippen LogP contribution in [0.15, 0.2) is 47.4 Å². The summed E-state index contributed by atoms with van der Waals surface area (Å²) in [6.07, 6.45) is 0.728. The number of nitrogens with one attached hydrogen (secondary N) is 1. The highest BCUT2D eigenvalue weighted by molar-refractivity contribution is 7.99. The van der Waals surface area contributed by atoms with Crippen LogP contribution in [-0.4, -0.2) is 31.3 Å². The Balaban J connectivity index is 1.71. The standard InChI is InChI=1S/C19H18FNO4S/c1-24-18(22)11-25-14-4-2-3-12(9-14)19(23)21-16-7-8-26-17-6-5-13(20)10-15(16)17/h2-6,9-10,16H,7-8,11H2,1H3,(H,21,23). The van der Waals surface area contributed by atoms with E-state index < -0.39 is 5.97 Å². The molecule has 0 spiro atoms. The number of thioether (sulfide) groups is 1. The average molecular weight is 375 g/mol. The summed E-state index contributed by atoms with van der Waals surface area (Å²) in [4.78, 5) is 24.7. The smallest absolute Gasteiger partial charge is 0.343 e. The predicted octanol–water partition coefficient (Wildman–Crippen LogP) is 3.34. The van der Waals surface area contributed by atoms with E-state index in [1.54, 1.807) is 42.1 Å². The molecule has 0 fully saturated rings. The second-order valence-corrected chi connectivity index (χ2v) is 6.87. The molecule has 1 aliphatic rings. The van der Waals surface area contributed by atoms with E-state index in [9.17, 15) is 14.0 Å². The van der Waals surface area contributed by atoms with E-state index in [0.29, 0.717) is 11.3 Å². The minimum atomic E-state index is -0.502. The largest absolute Gasteiger partial charge is 0.482 e. The summed E-state index contributed by atoms with van der Waals surface area (Å²) in [6, 6.07) is 10.9. The van der Waals surface area contributed by atoms with Crippen molar-refractivity contribution in [3.63, 3.8) is 0 Å². The maximum Gasteiger partial charge on any atom is 0.343 e. The molecule has 0 saturated heterocycles. The summed E-state index contributed by atoms with van der Waals surface area (Å²) in [6.45, 7) is -0.228. The summed E-state index contributed by atoms with van der Waals surface area (Å²) < 4.78 is 23.4. The summed E-state index contributed by atoms with van der Waals surface area (Å²) in [5.41, 5.74) is 1.20. The van der Waals surface area contributed by atoms with Crippen molar-refractivity contribution in [2.75, 3.05) is 19.5 Å². The minimum absolute atomic E-state index is 0.228. The highest BCUT2D eigenvalue weighted by Crippen LogP contribution is 2.36. The number of ether oxygens (including phenoxy) is 2. The Kier molecular flexibility index (Phi) is 5.78. The van der Waals surface area contributed by atoms with Gasteiger partial charge in [-0.15, -0.1) is 11.8 Å².